The first-order valence-electron chi connectivity index (χ1n) is 10.4. The van der Waals surface area contributed by atoms with Crippen molar-refractivity contribution < 1.29 is 5.11 Å². The van der Waals surface area contributed by atoms with Gasteiger partial charge >= 0.3 is 0 Å². The van der Waals surface area contributed by atoms with Gasteiger partial charge in [-0.2, -0.15) is 4.52 Å². The number of halogens is 1. The molecule has 0 unspecified atom stereocenters. The SMILES string of the molecule is Cc1nc2sc([C@@H](c3ccc(Br)cc3)N3CCN(Cc4ccccc4)CC3)c(O)n2n1. The Bertz CT molecular complexity index is 1170. The lowest BCUT2D eigenvalue weighted by molar-refractivity contribution is 0.105. The number of benzene rings is 2. The molecule has 1 fully saturated rings. The summed E-state index contributed by atoms with van der Waals surface area (Å²) in [7, 11) is 0. The maximum Gasteiger partial charge on any atom is 0.230 e. The molecule has 2 aromatic heterocycles. The molecule has 4 aromatic rings. The summed E-state index contributed by atoms with van der Waals surface area (Å²) in [6, 6.07) is 19.0. The summed E-state index contributed by atoms with van der Waals surface area (Å²) < 4.78 is 2.61. The van der Waals surface area contributed by atoms with Crippen LogP contribution < -0.4 is 0 Å². The molecule has 5 rings (SSSR count). The first-order chi connectivity index (χ1) is 15.1. The average molecular weight is 498 g/mol. The highest BCUT2D eigenvalue weighted by Crippen LogP contribution is 2.40. The van der Waals surface area contributed by atoms with Crippen LogP contribution in [0.4, 0.5) is 0 Å². The van der Waals surface area contributed by atoms with Crippen molar-refractivity contribution in [1.82, 2.24) is 24.4 Å². The molecule has 0 radical (unpaired) electrons. The molecule has 6 nitrogen and oxygen atoms in total. The van der Waals surface area contributed by atoms with Gasteiger partial charge in [-0.25, -0.2) is 4.98 Å². The Labute approximate surface area is 193 Å². The number of aromatic nitrogens is 3. The highest BCUT2D eigenvalue weighted by atomic mass is 79.9. The van der Waals surface area contributed by atoms with Gasteiger partial charge < -0.3 is 5.11 Å². The molecule has 0 aliphatic carbocycles. The largest absolute Gasteiger partial charge is 0.492 e. The number of aryl methyl sites for hydroxylation is 1. The number of rotatable bonds is 5. The van der Waals surface area contributed by atoms with Gasteiger partial charge in [-0.05, 0) is 30.2 Å². The highest BCUT2D eigenvalue weighted by Gasteiger charge is 2.31. The van der Waals surface area contributed by atoms with Gasteiger partial charge in [-0.15, -0.1) is 5.10 Å². The quantitative estimate of drug-likeness (QED) is 0.440. The van der Waals surface area contributed by atoms with Crippen LogP contribution in [0.5, 0.6) is 5.88 Å². The molecule has 1 N–H and O–H groups in total. The normalized spacial score (nSPS) is 16.7. The van der Waals surface area contributed by atoms with E-state index in [1.54, 1.807) is 4.52 Å². The second-order valence-electron chi connectivity index (χ2n) is 7.90. The molecule has 0 spiro atoms. The van der Waals surface area contributed by atoms with Crippen LogP contribution in [-0.2, 0) is 6.54 Å². The van der Waals surface area contributed by atoms with E-state index in [4.69, 9.17) is 0 Å². The van der Waals surface area contributed by atoms with Gasteiger partial charge in [0.15, 0.2) is 0 Å². The molecule has 0 bridgehead atoms. The Morgan fingerprint density at radius 2 is 1.74 bits per heavy atom. The fourth-order valence-electron chi connectivity index (χ4n) is 4.22. The van der Waals surface area contributed by atoms with Crippen LogP contribution in [0.15, 0.2) is 59.1 Å². The zero-order valence-corrected chi connectivity index (χ0v) is 19.7. The Morgan fingerprint density at radius 3 is 2.42 bits per heavy atom. The number of thiazole rings is 1. The maximum atomic E-state index is 11.0. The van der Waals surface area contributed by atoms with Crippen LogP contribution in [0.3, 0.4) is 0 Å². The Morgan fingerprint density at radius 1 is 1.03 bits per heavy atom. The van der Waals surface area contributed by atoms with E-state index in [0.29, 0.717) is 5.82 Å². The second-order valence-corrected chi connectivity index (χ2v) is 9.82. The van der Waals surface area contributed by atoms with Gasteiger partial charge in [0, 0.05) is 37.2 Å². The predicted molar refractivity (Wildman–Crippen MR) is 127 cm³/mol. The molecular formula is C23H24BrN5OS. The minimum atomic E-state index is -0.0271. The van der Waals surface area contributed by atoms with E-state index in [9.17, 15) is 5.11 Å². The third kappa shape index (κ3) is 4.25. The van der Waals surface area contributed by atoms with E-state index in [-0.39, 0.29) is 11.9 Å². The number of aromatic hydroxyl groups is 1. The van der Waals surface area contributed by atoms with Crippen molar-refractivity contribution in [3.8, 4) is 5.88 Å². The van der Waals surface area contributed by atoms with E-state index >= 15 is 0 Å². The molecular weight excluding hydrogens is 474 g/mol. The number of piperazine rings is 1. The summed E-state index contributed by atoms with van der Waals surface area (Å²) >= 11 is 5.06. The molecule has 2 aromatic carbocycles. The fraction of sp³-hybridized carbons (Fsp3) is 0.304. The maximum absolute atomic E-state index is 11.0. The average Bonchev–Trinajstić information content (AvgIpc) is 3.29. The topological polar surface area (TPSA) is 56.9 Å². The van der Waals surface area contributed by atoms with Gasteiger partial charge in [0.25, 0.3) is 0 Å². The highest BCUT2D eigenvalue weighted by molar-refractivity contribution is 9.10. The number of fused-ring (bicyclic) bond motifs is 1. The third-order valence-corrected chi connectivity index (χ3v) is 7.36. The monoisotopic (exact) mass is 497 g/mol. The lowest BCUT2D eigenvalue weighted by Crippen LogP contribution is -2.47. The van der Waals surface area contributed by atoms with Crippen molar-refractivity contribution in [1.29, 1.82) is 0 Å². The molecule has 1 aliphatic heterocycles. The van der Waals surface area contributed by atoms with E-state index in [2.05, 4.69) is 90.4 Å². The van der Waals surface area contributed by atoms with E-state index in [1.165, 1.54) is 16.9 Å². The molecule has 1 saturated heterocycles. The van der Waals surface area contributed by atoms with Crippen LogP contribution in [0.25, 0.3) is 4.96 Å². The van der Waals surface area contributed by atoms with Crippen LogP contribution >= 0.6 is 27.3 Å². The Hall–Kier alpha value is -2.26. The molecule has 3 heterocycles. The molecule has 0 saturated carbocycles. The smallest absolute Gasteiger partial charge is 0.230 e. The van der Waals surface area contributed by atoms with Crippen LogP contribution in [0, 0.1) is 6.92 Å². The first-order valence-corrected chi connectivity index (χ1v) is 12.0. The zero-order chi connectivity index (χ0) is 21.4. The van der Waals surface area contributed by atoms with Gasteiger partial charge in [-0.3, -0.25) is 9.80 Å². The summed E-state index contributed by atoms with van der Waals surface area (Å²) in [5, 5.41) is 15.4. The van der Waals surface area contributed by atoms with Crippen LogP contribution in [-0.4, -0.2) is 55.7 Å². The molecule has 8 heteroatoms. The summed E-state index contributed by atoms with van der Waals surface area (Å²) in [6.45, 7) is 6.65. The van der Waals surface area contributed by atoms with Crippen LogP contribution in [0.2, 0.25) is 0 Å². The van der Waals surface area contributed by atoms with Crippen LogP contribution in [0.1, 0.15) is 27.9 Å². The summed E-state index contributed by atoms with van der Waals surface area (Å²) in [4.78, 5) is 11.1. The molecule has 31 heavy (non-hydrogen) atoms. The van der Waals surface area contributed by atoms with Gasteiger partial charge in [0.2, 0.25) is 10.8 Å². The minimum absolute atomic E-state index is 0.0271. The second kappa shape index (κ2) is 8.70. The summed E-state index contributed by atoms with van der Waals surface area (Å²) in [5.74, 6) is 0.864. The van der Waals surface area contributed by atoms with Gasteiger partial charge in [0.05, 0.1) is 10.9 Å². The summed E-state index contributed by atoms with van der Waals surface area (Å²) in [5.41, 5.74) is 2.51. The van der Waals surface area contributed by atoms with E-state index in [1.807, 2.05) is 6.92 Å². The summed E-state index contributed by atoms with van der Waals surface area (Å²) in [6.07, 6.45) is 0. The van der Waals surface area contributed by atoms with Crippen molar-refractivity contribution >= 4 is 32.2 Å². The van der Waals surface area contributed by atoms with Gasteiger partial charge in [0.1, 0.15) is 5.82 Å². The zero-order valence-electron chi connectivity index (χ0n) is 17.3. The van der Waals surface area contributed by atoms with Gasteiger partial charge in [-0.1, -0.05) is 69.7 Å². The van der Waals surface area contributed by atoms with Crippen molar-refractivity contribution in [3.63, 3.8) is 0 Å². The lowest BCUT2D eigenvalue weighted by Gasteiger charge is -2.39. The lowest BCUT2D eigenvalue weighted by atomic mass is 10.0. The predicted octanol–water partition coefficient (Wildman–Crippen LogP) is 4.47. The standard InChI is InChI=1S/C23H24BrN5OS/c1-16-25-23-29(26-16)22(30)21(31-23)20(18-7-9-19(24)10-8-18)28-13-11-27(12-14-28)15-17-5-3-2-4-6-17/h2-10,20,30H,11-15H2,1H3/t20-/m1/s1. The number of hydrogen-bond acceptors (Lipinski definition) is 6. The molecule has 0 amide bonds. The Kier molecular flexibility index (Phi) is 5.79. The van der Waals surface area contributed by atoms with E-state index in [0.717, 1.165) is 52.6 Å². The van der Waals surface area contributed by atoms with E-state index < -0.39 is 0 Å². The van der Waals surface area contributed by atoms with Crippen molar-refractivity contribution in [2.75, 3.05) is 26.2 Å². The molecule has 160 valence electrons. The number of hydrogen-bond donors (Lipinski definition) is 1. The van der Waals surface area contributed by atoms with Crippen molar-refractivity contribution in [2.24, 2.45) is 0 Å². The van der Waals surface area contributed by atoms with Crippen molar-refractivity contribution in [2.45, 2.75) is 19.5 Å². The third-order valence-electron chi connectivity index (χ3n) is 5.76. The molecule has 1 aliphatic rings. The number of nitrogens with zero attached hydrogens (tertiary/aromatic N) is 5. The molecule has 1 atom stereocenters. The fourth-order valence-corrected chi connectivity index (χ4v) is 5.65. The van der Waals surface area contributed by atoms with Crippen molar-refractivity contribution in [3.05, 3.63) is 80.9 Å². The minimum Gasteiger partial charge on any atom is -0.492 e. The Balaban J connectivity index is 1.42. The first kappa shape index (κ1) is 20.6.